The Morgan fingerprint density at radius 2 is 1.49 bits per heavy atom. The van der Waals surface area contributed by atoms with Gasteiger partial charge in [0.25, 0.3) is 5.91 Å². The van der Waals surface area contributed by atoms with Crippen molar-refractivity contribution in [3.05, 3.63) is 111 Å². The van der Waals surface area contributed by atoms with Crippen molar-refractivity contribution in [2.45, 2.75) is 20.0 Å². The van der Waals surface area contributed by atoms with Gasteiger partial charge in [0.05, 0.1) is 11.4 Å². The molecule has 3 aromatic carbocycles. The van der Waals surface area contributed by atoms with Crippen LogP contribution in [0.15, 0.2) is 72.8 Å². The molecule has 0 radical (unpaired) electrons. The number of rotatable bonds is 5. The van der Waals surface area contributed by atoms with Crippen LogP contribution in [-0.2, 0) is 9.53 Å². The molecule has 8 nitrogen and oxygen atoms in total. The molecule has 1 aliphatic rings. The average Bonchev–Trinajstić information content (AvgIpc) is 3.21. The van der Waals surface area contributed by atoms with E-state index in [-0.39, 0.29) is 33.4 Å². The molecule has 5 rings (SSSR count). The zero-order chi connectivity index (χ0) is 26.3. The van der Waals surface area contributed by atoms with Gasteiger partial charge in [-0.05, 0) is 44.2 Å². The molecule has 4 aromatic rings. The third kappa shape index (κ3) is 4.32. The van der Waals surface area contributed by atoms with E-state index < -0.39 is 18.0 Å². The first-order chi connectivity index (χ1) is 17.8. The molecule has 1 atom stereocenters. The molecule has 9 heteroatoms. The number of carbonyl (C=O) groups excluding carboxylic acids is 4. The van der Waals surface area contributed by atoms with Crippen molar-refractivity contribution in [1.82, 2.24) is 9.78 Å². The number of nitrogens with one attached hydrogen (secondary N) is 1. The summed E-state index contributed by atoms with van der Waals surface area (Å²) in [5, 5.41) is 7.02. The van der Waals surface area contributed by atoms with E-state index in [4.69, 9.17) is 16.3 Å². The predicted octanol–water partition coefficient (Wildman–Crippen LogP) is 4.79. The van der Waals surface area contributed by atoms with E-state index in [0.717, 1.165) is 0 Å². The molecule has 37 heavy (non-hydrogen) atoms. The molecule has 0 spiro atoms. The van der Waals surface area contributed by atoms with E-state index in [1.165, 1.54) is 29.8 Å². The summed E-state index contributed by atoms with van der Waals surface area (Å²) in [6.07, 6.45) is -1.18. The second-order valence-electron chi connectivity index (χ2n) is 8.50. The second-order valence-corrected chi connectivity index (χ2v) is 8.86. The third-order valence-corrected chi connectivity index (χ3v) is 6.40. The van der Waals surface area contributed by atoms with Crippen LogP contribution in [-0.4, -0.2) is 39.3 Å². The number of aromatic nitrogens is 2. The summed E-state index contributed by atoms with van der Waals surface area (Å²) in [6, 6.07) is 20.1. The molecule has 0 unspecified atom stereocenters. The van der Waals surface area contributed by atoms with E-state index in [9.17, 15) is 19.2 Å². The van der Waals surface area contributed by atoms with Crippen molar-refractivity contribution in [2.24, 2.45) is 0 Å². The molecule has 0 fully saturated rings. The highest BCUT2D eigenvalue weighted by molar-refractivity contribution is 6.33. The Hall–Kier alpha value is -4.56. The number of ether oxygens (including phenoxy) is 1. The SMILES string of the molecule is Cc1nn(-c2ccccc2)c(Cl)c1C(=O)O[C@H](C)C(=O)Nc1ccc2c(c1)C(=O)c1ccccc1C2=O. The van der Waals surface area contributed by atoms with Crippen molar-refractivity contribution in [1.29, 1.82) is 0 Å². The molecule has 0 bridgehead atoms. The standard InChI is InChI=1S/C28H20ClN3O5/c1-15-23(26(29)32(31-15)18-8-4-3-5-9-18)28(36)37-16(2)27(35)30-17-12-13-21-22(14-17)25(34)20-11-7-6-10-19(20)24(21)33/h3-14,16H,1-2H3,(H,30,35)/t16-/m1/s1. The highest BCUT2D eigenvalue weighted by Crippen LogP contribution is 2.29. The number of amides is 1. The van der Waals surface area contributed by atoms with E-state index in [1.807, 2.05) is 18.2 Å². The number of anilines is 1. The Balaban J connectivity index is 1.31. The molecular weight excluding hydrogens is 494 g/mol. The fraction of sp³-hybridized carbons (Fsp3) is 0.107. The van der Waals surface area contributed by atoms with Crippen LogP contribution in [0.4, 0.5) is 5.69 Å². The molecule has 0 aliphatic heterocycles. The van der Waals surface area contributed by atoms with Gasteiger partial charge in [-0.15, -0.1) is 0 Å². The number of aryl methyl sites for hydroxylation is 1. The topological polar surface area (TPSA) is 107 Å². The van der Waals surface area contributed by atoms with Gasteiger partial charge in [0.2, 0.25) is 0 Å². The maximum absolute atomic E-state index is 12.9. The normalized spacial score (nSPS) is 12.9. The highest BCUT2D eigenvalue weighted by Gasteiger charge is 2.30. The lowest BCUT2D eigenvalue weighted by Gasteiger charge is -2.19. The smallest absolute Gasteiger partial charge is 0.344 e. The van der Waals surface area contributed by atoms with E-state index in [1.54, 1.807) is 43.3 Å². The number of para-hydroxylation sites is 1. The first-order valence-corrected chi connectivity index (χ1v) is 11.8. The van der Waals surface area contributed by atoms with Gasteiger partial charge in [-0.25, -0.2) is 9.48 Å². The summed E-state index contributed by atoms with van der Waals surface area (Å²) in [7, 11) is 0. The molecule has 1 aromatic heterocycles. The monoisotopic (exact) mass is 513 g/mol. The first-order valence-electron chi connectivity index (χ1n) is 11.4. The molecule has 1 heterocycles. The number of ketones is 2. The quantitative estimate of drug-likeness (QED) is 0.338. The van der Waals surface area contributed by atoms with Crippen molar-refractivity contribution in [3.8, 4) is 5.69 Å². The van der Waals surface area contributed by atoms with Crippen molar-refractivity contribution < 1.29 is 23.9 Å². The van der Waals surface area contributed by atoms with Gasteiger partial charge in [-0.2, -0.15) is 5.10 Å². The van der Waals surface area contributed by atoms with Crippen LogP contribution in [0.3, 0.4) is 0 Å². The minimum absolute atomic E-state index is 0.0572. The molecular formula is C28H20ClN3O5. The minimum atomic E-state index is -1.18. The van der Waals surface area contributed by atoms with Crippen molar-refractivity contribution >= 4 is 40.7 Å². The van der Waals surface area contributed by atoms with Crippen LogP contribution in [0.25, 0.3) is 5.69 Å². The number of hydrogen-bond acceptors (Lipinski definition) is 6. The zero-order valence-corrected chi connectivity index (χ0v) is 20.6. The summed E-state index contributed by atoms with van der Waals surface area (Å²) in [4.78, 5) is 51.4. The number of nitrogens with zero attached hydrogens (tertiary/aromatic N) is 2. The van der Waals surface area contributed by atoms with Gasteiger partial charge < -0.3 is 10.1 Å². The average molecular weight is 514 g/mol. The summed E-state index contributed by atoms with van der Waals surface area (Å²) < 4.78 is 6.79. The summed E-state index contributed by atoms with van der Waals surface area (Å²) in [6.45, 7) is 3.04. The van der Waals surface area contributed by atoms with E-state index in [0.29, 0.717) is 28.2 Å². The largest absolute Gasteiger partial charge is 0.449 e. The number of halogens is 1. The molecule has 0 saturated heterocycles. The van der Waals surface area contributed by atoms with E-state index >= 15 is 0 Å². The number of carbonyl (C=O) groups is 4. The minimum Gasteiger partial charge on any atom is -0.449 e. The van der Waals surface area contributed by atoms with Crippen LogP contribution < -0.4 is 5.32 Å². The van der Waals surface area contributed by atoms with Crippen LogP contribution in [0.2, 0.25) is 5.15 Å². The van der Waals surface area contributed by atoms with Gasteiger partial charge in [-0.1, -0.05) is 54.1 Å². The van der Waals surface area contributed by atoms with Crippen LogP contribution in [0, 0.1) is 6.92 Å². The lowest BCUT2D eigenvalue weighted by atomic mass is 9.84. The highest BCUT2D eigenvalue weighted by atomic mass is 35.5. The third-order valence-electron chi connectivity index (χ3n) is 6.05. The lowest BCUT2D eigenvalue weighted by Crippen LogP contribution is -2.30. The first kappa shape index (κ1) is 24.1. The predicted molar refractivity (Wildman–Crippen MR) is 137 cm³/mol. The van der Waals surface area contributed by atoms with Gasteiger partial charge in [0, 0.05) is 27.9 Å². The summed E-state index contributed by atoms with van der Waals surface area (Å²) >= 11 is 6.42. The Kier molecular flexibility index (Phi) is 6.19. The molecule has 184 valence electrons. The van der Waals surface area contributed by atoms with Crippen LogP contribution in [0.5, 0.6) is 0 Å². The molecule has 1 amide bonds. The Morgan fingerprint density at radius 3 is 2.16 bits per heavy atom. The van der Waals surface area contributed by atoms with Crippen LogP contribution >= 0.6 is 11.6 Å². The number of benzene rings is 3. The molecule has 0 saturated carbocycles. The number of hydrogen-bond donors (Lipinski definition) is 1. The van der Waals surface area contributed by atoms with Crippen LogP contribution in [0.1, 0.15) is 54.8 Å². The van der Waals surface area contributed by atoms with Crippen molar-refractivity contribution in [2.75, 3.05) is 5.32 Å². The Bertz CT molecular complexity index is 1590. The van der Waals surface area contributed by atoms with Gasteiger partial charge in [0.15, 0.2) is 17.7 Å². The van der Waals surface area contributed by atoms with Gasteiger partial charge >= 0.3 is 5.97 Å². The second kappa shape index (κ2) is 9.48. The fourth-order valence-electron chi connectivity index (χ4n) is 4.17. The maximum Gasteiger partial charge on any atom is 0.344 e. The number of fused-ring (bicyclic) bond motifs is 2. The zero-order valence-electron chi connectivity index (χ0n) is 19.8. The van der Waals surface area contributed by atoms with Crippen molar-refractivity contribution in [3.63, 3.8) is 0 Å². The molecule has 1 N–H and O–H groups in total. The summed E-state index contributed by atoms with van der Waals surface area (Å²) in [5.41, 5.74) is 2.49. The number of esters is 1. The lowest BCUT2D eigenvalue weighted by molar-refractivity contribution is -0.123. The van der Waals surface area contributed by atoms with Gasteiger partial charge in [-0.3, -0.25) is 14.4 Å². The fourth-order valence-corrected chi connectivity index (χ4v) is 4.51. The molecule has 1 aliphatic carbocycles. The van der Waals surface area contributed by atoms with Gasteiger partial charge in [0.1, 0.15) is 10.7 Å². The maximum atomic E-state index is 12.9. The summed E-state index contributed by atoms with van der Waals surface area (Å²) in [5.74, 6) is -1.97. The van der Waals surface area contributed by atoms with E-state index in [2.05, 4.69) is 10.4 Å². The Labute approximate surface area is 216 Å². The Morgan fingerprint density at radius 1 is 0.892 bits per heavy atom.